The number of halogens is 1. The topological polar surface area (TPSA) is 136 Å². The van der Waals surface area contributed by atoms with E-state index in [2.05, 4.69) is 32.5 Å². The van der Waals surface area contributed by atoms with Crippen molar-refractivity contribution in [3.05, 3.63) is 125 Å². The summed E-state index contributed by atoms with van der Waals surface area (Å²) in [5.41, 5.74) is 9.39. The average Bonchev–Trinajstić information content (AvgIpc) is 3.67. The molecule has 0 fully saturated rings. The summed E-state index contributed by atoms with van der Waals surface area (Å²) in [6, 6.07) is 18.5. The molecule has 0 unspecified atom stereocenters. The standard InChI is InChI=1S/C31H27FN6O3S/c32-26-8-4-22(5-9-26)3-6-24-18-25(31(39)34-16-1-2-23-19-35-36-20-23)7-14-30(24)42(40,41)21-28-15-17-38(37-28)29-12-10-27(33)11-13-29/h4-5,7-15,17-20H,1-2,16,21,33H2,(H,34,39)(H,35,36). The van der Waals surface area contributed by atoms with Crippen LogP contribution in [0.3, 0.4) is 0 Å². The van der Waals surface area contributed by atoms with Crippen molar-refractivity contribution in [1.29, 1.82) is 0 Å². The molecule has 0 spiro atoms. The van der Waals surface area contributed by atoms with Gasteiger partial charge in [-0.05, 0) is 91.2 Å². The van der Waals surface area contributed by atoms with E-state index in [9.17, 15) is 17.6 Å². The van der Waals surface area contributed by atoms with Gasteiger partial charge in [-0.15, -0.1) is 0 Å². The van der Waals surface area contributed by atoms with Crippen molar-refractivity contribution in [3.63, 3.8) is 0 Å². The van der Waals surface area contributed by atoms with E-state index >= 15 is 0 Å². The Balaban J connectivity index is 1.39. The number of sulfone groups is 1. The maximum atomic E-state index is 13.6. The highest BCUT2D eigenvalue weighted by molar-refractivity contribution is 7.90. The van der Waals surface area contributed by atoms with Gasteiger partial charge < -0.3 is 11.1 Å². The molecule has 3 aromatic carbocycles. The average molecular weight is 583 g/mol. The highest BCUT2D eigenvalue weighted by Crippen LogP contribution is 2.22. The lowest BCUT2D eigenvalue weighted by Crippen LogP contribution is -2.25. The van der Waals surface area contributed by atoms with E-state index in [0.717, 1.165) is 17.7 Å². The van der Waals surface area contributed by atoms with Crippen LogP contribution in [0.1, 0.15) is 39.2 Å². The minimum atomic E-state index is -3.92. The number of aryl methyl sites for hydroxylation is 1. The third-order valence-corrected chi connectivity index (χ3v) is 8.09. The Morgan fingerprint density at radius 2 is 1.81 bits per heavy atom. The molecule has 9 nitrogen and oxygen atoms in total. The van der Waals surface area contributed by atoms with E-state index in [-0.39, 0.29) is 27.7 Å². The van der Waals surface area contributed by atoms with Gasteiger partial charge in [0.05, 0.1) is 28.2 Å². The fraction of sp³-hybridized carbons (Fsp3) is 0.129. The maximum Gasteiger partial charge on any atom is 0.251 e. The maximum absolute atomic E-state index is 13.6. The molecule has 0 bridgehead atoms. The first-order valence-corrected chi connectivity index (χ1v) is 14.7. The highest BCUT2D eigenvalue weighted by Gasteiger charge is 2.22. The van der Waals surface area contributed by atoms with Gasteiger partial charge in [0.1, 0.15) is 5.82 Å². The largest absolute Gasteiger partial charge is 0.399 e. The van der Waals surface area contributed by atoms with Crippen molar-refractivity contribution < 1.29 is 17.6 Å². The Labute approximate surface area is 242 Å². The zero-order chi connectivity index (χ0) is 29.5. The summed E-state index contributed by atoms with van der Waals surface area (Å²) in [4.78, 5) is 12.9. The van der Waals surface area contributed by atoms with Crippen molar-refractivity contribution >= 4 is 21.4 Å². The molecule has 0 saturated carbocycles. The van der Waals surface area contributed by atoms with Crippen LogP contribution in [-0.4, -0.2) is 40.8 Å². The van der Waals surface area contributed by atoms with Crippen molar-refractivity contribution in [2.24, 2.45) is 0 Å². The van der Waals surface area contributed by atoms with Crippen molar-refractivity contribution in [3.8, 4) is 17.5 Å². The fourth-order valence-corrected chi connectivity index (χ4v) is 5.62. The Morgan fingerprint density at radius 1 is 1.02 bits per heavy atom. The molecule has 0 aliphatic heterocycles. The van der Waals surface area contributed by atoms with Crippen LogP contribution >= 0.6 is 0 Å². The summed E-state index contributed by atoms with van der Waals surface area (Å²) < 4.78 is 42.1. The summed E-state index contributed by atoms with van der Waals surface area (Å²) in [6.45, 7) is 0.428. The molecule has 5 rings (SSSR count). The molecule has 212 valence electrons. The smallest absolute Gasteiger partial charge is 0.251 e. The summed E-state index contributed by atoms with van der Waals surface area (Å²) in [7, 11) is -3.92. The number of hydrogen-bond acceptors (Lipinski definition) is 6. The van der Waals surface area contributed by atoms with E-state index in [1.165, 1.54) is 42.5 Å². The molecular weight excluding hydrogens is 555 g/mol. The number of nitrogen functional groups attached to an aromatic ring is 1. The van der Waals surface area contributed by atoms with Crippen molar-refractivity contribution in [2.75, 3.05) is 12.3 Å². The number of rotatable bonds is 9. The number of carbonyl (C=O) groups is 1. The number of benzene rings is 3. The van der Waals surface area contributed by atoms with Crippen LogP contribution in [-0.2, 0) is 22.0 Å². The van der Waals surface area contributed by atoms with Gasteiger partial charge >= 0.3 is 0 Å². The lowest BCUT2D eigenvalue weighted by atomic mass is 10.1. The van der Waals surface area contributed by atoms with E-state index < -0.39 is 15.7 Å². The predicted octanol–water partition coefficient (Wildman–Crippen LogP) is 4.05. The molecule has 11 heteroatoms. The third kappa shape index (κ3) is 7.10. The number of nitrogens with two attached hydrogens (primary N) is 1. The van der Waals surface area contributed by atoms with Gasteiger partial charge in [-0.25, -0.2) is 17.5 Å². The molecule has 0 aliphatic rings. The minimum Gasteiger partial charge on any atom is -0.399 e. The summed E-state index contributed by atoms with van der Waals surface area (Å²) in [6.07, 6.45) is 6.66. The molecule has 42 heavy (non-hydrogen) atoms. The quantitative estimate of drug-likeness (QED) is 0.136. The number of amides is 1. The zero-order valence-electron chi connectivity index (χ0n) is 22.4. The monoisotopic (exact) mass is 582 g/mol. The van der Waals surface area contributed by atoms with E-state index in [1.807, 2.05) is 0 Å². The molecule has 0 saturated heterocycles. The molecule has 0 radical (unpaired) electrons. The molecule has 4 N–H and O–H groups in total. The van der Waals surface area contributed by atoms with Crippen LogP contribution < -0.4 is 11.1 Å². The van der Waals surface area contributed by atoms with E-state index in [1.54, 1.807) is 53.6 Å². The van der Waals surface area contributed by atoms with Gasteiger partial charge in [0.25, 0.3) is 5.91 Å². The molecule has 0 aliphatic carbocycles. The molecule has 2 heterocycles. The number of aromatic nitrogens is 4. The molecular formula is C31H27FN6O3S. The number of nitrogens with one attached hydrogen (secondary N) is 2. The van der Waals surface area contributed by atoms with Gasteiger partial charge in [-0.3, -0.25) is 9.89 Å². The second-order valence-electron chi connectivity index (χ2n) is 9.54. The number of nitrogens with zero attached hydrogens (tertiary/aromatic N) is 3. The van der Waals surface area contributed by atoms with E-state index in [4.69, 9.17) is 5.73 Å². The molecule has 2 aromatic heterocycles. The number of hydrogen-bond donors (Lipinski definition) is 3. The first-order chi connectivity index (χ1) is 20.3. The second-order valence-corrected chi connectivity index (χ2v) is 11.5. The minimum absolute atomic E-state index is 0.0318. The van der Waals surface area contributed by atoms with Gasteiger partial charge in [0.2, 0.25) is 0 Å². The third-order valence-electron chi connectivity index (χ3n) is 6.39. The van der Waals surface area contributed by atoms with Crippen LogP contribution in [0.2, 0.25) is 0 Å². The molecule has 0 atom stereocenters. The van der Waals surface area contributed by atoms with Gasteiger partial charge in [0, 0.05) is 41.3 Å². The van der Waals surface area contributed by atoms with Crippen LogP contribution in [0.15, 0.2) is 96.3 Å². The van der Waals surface area contributed by atoms with Crippen LogP contribution in [0, 0.1) is 17.7 Å². The number of carbonyl (C=O) groups excluding carboxylic acids is 1. The lowest BCUT2D eigenvalue weighted by molar-refractivity contribution is 0.0953. The van der Waals surface area contributed by atoms with E-state index in [0.29, 0.717) is 29.9 Å². The number of anilines is 1. The van der Waals surface area contributed by atoms with Crippen molar-refractivity contribution in [2.45, 2.75) is 23.5 Å². The summed E-state index contributed by atoms with van der Waals surface area (Å²) >= 11 is 0. The second kappa shape index (κ2) is 12.5. The van der Waals surface area contributed by atoms with Crippen LogP contribution in [0.4, 0.5) is 10.1 Å². The Bertz CT molecular complexity index is 1850. The van der Waals surface area contributed by atoms with Gasteiger partial charge in [0.15, 0.2) is 9.84 Å². The SMILES string of the molecule is Nc1ccc(-n2ccc(CS(=O)(=O)c3ccc(C(=O)NCCCc4cn[nH]c4)cc3C#Cc3ccc(F)cc3)n2)cc1. The normalized spacial score (nSPS) is 11.1. The first kappa shape index (κ1) is 28.3. The number of H-pyrrole nitrogens is 1. The zero-order valence-corrected chi connectivity index (χ0v) is 23.2. The Morgan fingerprint density at radius 3 is 2.55 bits per heavy atom. The summed E-state index contributed by atoms with van der Waals surface area (Å²) in [5, 5.41) is 13.9. The Hall–Kier alpha value is -5.21. The molecule has 5 aromatic rings. The van der Waals surface area contributed by atoms with Gasteiger partial charge in [-0.1, -0.05) is 11.8 Å². The molecule has 1 amide bonds. The van der Waals surface area contributed by atoms with Crippen molar-refractivity contribution in [1.82, 2.24) is 25.3 Å². The predicted molar refractivity (Wildman–Crippen MR) is 157 cm³/mol. The number of aromatic amines is 1. The first-order valence-electron chi connectivity index (χ1n) is 13.1. The fourth-order valence-electron chi connectivity index (χ4n) is 4.21. The van der Waals surface area contributed by atoms with Gasteiger partial charge in [-0.2, -0.15) is 10.2 Å². The highest BCUT2D eigenvalue weighted by atomic mass is 32.2. The Kier molecular flexibility index (Phi) is 8.45. The van der Waals surface area contributed by atoms with Crippen LogP contribution in [0.5, 0.6) is 0 Å². The van der Waals surface area contributed by atoms with Crippen LogP contribution in [0.25, 0.3) is 5.69 Å². The lowest BCUT2D eigenvalue weighted by Gasteiger charge is -2.10. The summed E-state index contributed by atoms with van der Waals surface area (Å²) in [5.74, 6) is 4.62.